The number of carbonyl (C=O) groups excluding carboxylic acids is 4. The van der Waals surface area contributed by atoms with Crippen LogP contribution in [0.5, 0.6) is 11.5 Å². The van der Waals surface area contributed by atoms with E-state index in [1.165, 1.54) is 11.0 Å². The van der Waals surface area contributed by atoms with E-state index < -0.39 is 58.5 Å². The fraction of sp³-hybridized carbons (Fsp3) is 0.306. The summed E-state index contributed by atoms with van der Waals surface area (Å²) in [6.45, 7) is 1.77. The number of aromatic hydroxyl groups is 1. The number of imide groups is 2. The van der Waals surface area contributed by atoms with Gasteiger partial charge >= 0.3 is 5.97 Å². The molecule has 1 saturated carbocycles. The molecule has 2 aliphatic carbocycles. The fourth-order valence-electron chi connectivity index (χ4n) is 8.23. The average Bonchev–Trinajstić information content (AvgIpc) is 3.43. The molecule has 0 unspecified atom stereocenters. The number of carboxylic acids is 1. The number of nitrogens with zero attached hydrogens (tertiary/aromatic N) is 2. The van der Waals surface area contributed by atoms with Crippen LogP contribution in [0.15, 0.2) is 84.4 Å². The number of ether oxygens (including phenoxy) is 1. The Morgan fingerprint density at radius 3 is 2.28 bits per heavy atom. The number of amides is 4. The first kappa shape index (κ1) is 30.4. The molecule has 0 bridgehead atoms. The first-order valence-corrected chi connectivity index (χ1v) is 15.5. The monoisotopic (exact) mass is 636 g/mol. The molecule has 6 atom stereocenters. The van der Waals surface area contributed by atoms with Crippen LogP contribution >= 0.6 is 0 Å². The van der Waals surface area contributed by atoms with Crippen LogP contribution in [0.1, 0.15) is 41.6 Å². The van der Waals surface area contributed by atoms with Gasteiger partial charge in [-0.3, -0.25) is 19.2 Å². The number of aliphatic hydroxyl groups excluding tert-OH is 1. The van der Waals surface area contributed by atoms with Gasteiger partial charge in [0.2, 0.25) is 23.6 Å². The molecule has 2 heterocycles. The lowest BCUT2D eigenvalue weighted by Crippen LogP contribution is -2.48. The average molecular weight is 637 g/mol. The van der Waals surface area contributed by atoms with Crippen LogP contribution in [0, 0.1) is 29.1 Å². The number of allylic oxidation sites excluding steroid dienone is 2. The molecule has 3 aromatic rings. The molecule has 2 aliphatic heterocycles. The molecule has 0 aromatic heterocycles. The van der Waals surface area contributed by atoms with Gasteiger partial charge in [0.25, 0.3) is 0 Å². The Morgan fingerprint density at radius 2 is 1.62 bits per heavy atom. The number of hydrogen-bond acceptors (Lipinski definition) is 8. The van der Waals surface area contributed by atoms with E-state index in [9.17, 15) is 39.3 Å². The zero-order valence-electron chi connectivity index (χ0n) is 25.4. The van der Waals surface area contributed by atoms with Gasteiger partial charge in [-0.25, -0.2) is 14.6 Å². The number of hydrogen-bond donors (Lipinski definition) is 3. The summed E-state index contributed by atoms with van der Waals surface area (Å²) in [7, 11) is 0. The number of anilines is 2. The highest BCUT2D eigenvalue weighted by atomic mass is 16.5. The van der Waals surface area contributed by atoms with Gasteiger partial charge in [0.1, 0.15) is 23.7 Å². The van der Waals surface area contributed by atoms with Gasteiger partial charge in [0, 0.05) is 12.0 Å². The molecular weight excluding hydrogens is 604 g/mol. The molecule has 0 spiro atoms. The minimum absolute atomic E-state index is 0.0662. The van der Waals surface area contributed by atoms with Crippen molar-refractivity contribution in [3.8, 4) is 11.5 Å². The third kappa shape index (κ3) is 4.48. The molecule has 3 N–H and O–H groups in total. The van der Waals surface area contributed by atoms with Crippen molar-refractivity contribution in [2.75, 3.05) is 23.0 Å². The zero-order valence-corrected chi connectivity index (χ0v) is 25.4. The van der Waals surface area contributed by atoms with E-state index in [1.54, 1.807) is 42.5 Å². The van der Waals surface area contributed by atoms with Crippen molar-refractivity contribution in [3.05, 3.63) is 95.6 Å². The smallest absolute Gasteiger partial charge is 0.339 e. The van der Waals surface area contributed by atoms with Gasteiger partial charge < -0.3 is 20.1 Å². The molecule has 11 nitrogen and oxygen atoms in total. The lowest BCUT2D eigenvalue weighted by Gasteiger charge is -2.49. The number of aliphatic hydroxyl groups is 1. The van der Waals surface area contributed by atoms with Crippen molar-refractivity contribution in [2.24, 2.45) is 29.1 Å². The van der Waals surface area contributed by atoms with Crippen LogP contribution in [0.2, 0.25) is 0 Å². The van der Waals surface area contributed by atoms with Gasteiger partial charge in [-0.1, -0.05) is 42.0 Å². The Morgan fingerprint density at radius 1 is 0.894 bits per heavy atom. The summed E-state index contributed by atoms with van der Waals surface area (Å²) in [5.41, 5.74) is 0.543. The quantitative estimate of drug-likeness (QED) is 0.258. The van der Waals surface area contributed by atoms with E-state index in [1.807, 2.05) is 25.1 Å². The van der Waals surface area contributed by atoms with Crippen molar-refractivity contribution in [3.63, 3.8) is 0 Å². The first-order chi connectivity index (χ1) is 22.6. The predicted molar refractivity (Wildman–Crippen MR) is 168 cm³/mol. The maximum absolute atomic E-state index is 14.5. The highest BCUT2D eigenvalue weighted by Gasteiger charge is 2.67. The van der Waals surface area contributed by atoms with Crippen molar-refractivity contribution in [1.82, 2.24) is 0 Å². The summed E-state index contributed by atoms with van der Waals surface area (Å²) in [6, 6.07) is 19.5. The Bertz CT molecular complexity index is 1850. The normalized spacial score (nSPS) is 28.1. The summed E-state index contributed by atoms with van der Waals surface area (Å²) in [4.78, 5) is 70.4. The highest BCUT2D eigenvalue weighted by molar-refractivity contribution is 6.25. The van der Waals surface area contributed by atoms with Crippen molar-refractivity contribution in [2.45, 2.75) is 25.7 Å². The summed E-state index contributed by atoms with van der Waals surface area (Å²) in [5.74, 6) is -6.52. The summed E-state index contributed by atoms with van der Waals surface area (Å²) < 4.78 is 5.56. The number of para-hydroxylation sites is 1. The maximum Gasteiger partial charge on any atom is 0.339 e. The highest BCUT2D eigenvalue weighted by Crippen LogP contribution is 2.63. The van der Waals surface area contributed by atoms with Crippen LogP contribution in [0.25, 0.3) is 0 Å². The van der Waals surface area contributed by atoms with Crippen LogP contribution in [0.3, 0.4) is 0 Å². The van der Waals surface area contributed by atoms with Crippen LogP contribution in [0.4, 0.5) is 11.4 Å². The van der Waals surface area contributed by atoms with Crippen LogP contribution in [-0.4, -0.2) is 58.1 Å². The number of phenols is 1. The number of benzene rings is 3. The topological polar surface area (TPSA) is 162 Å². The second kappa shape index (κ2) is 11.2. The van der Waals surface area contributed by atoms with E-state index in [0.717, 1.165) is 28.2 Å². The molecule has 4 aliphatic rings. The lowest BCUT2D eigenvalue weighted by atomic mass is 9.51. The standard InChI is InChI=1S/C36H32N2O9/c1-36-27(32(42)38(35(36)46)20-5-3-2-4-6-20)18-26-23(30(36)19-7-10-22(11-8-19)47-16-15-39)13-14-25-29(26)33(43)37(31(25)41)21-9-12-24(34(44)45)28(40)17-21/h2-13,17,25-27,29-30,39-40H,14-16,18H2,1H3,(H,44,45)/t25-,26+,27-,29-,30-,36+/m0/s1. The number of carbonyl (C=O) groups is 5. The number of carboxylic acid groups (broad SMARTS) is 1. The van der Waals surface area contributed by atoms with Crippen molar-refractivity contribution >= 4 is 41.0 Å². The van der Waals surface area contributed by atoms with E-state index in [0.29, 0.717) is 11.4 Å². The molecule has 2 saturated heterocycles. The Hall–Kier alpha value is -5.29. The van der Waals surface area contributed by atoms with Gasteiger partial charge in [0.15, 0.2) is 0 Å². The predicted octanol–water partition coefficient (Wildman–Crippen LogP) is 3.90. The summed E-state index contributed by atoms with van der Waals surface area (Å²) in [5, 5.41) is 28.9. The fourth-order valence-corrected chi connectivity index (χ4v) is 8.23. The summed E-state index contributed by atoms with van der Waals surface area (Å²) >= 11 is 0. The lowest BCUT2D eigenvalue weighted by molar-refractivity contribution is -0.131. The maximum atomic E-state index is 14.5. The van der Waals surface area contributed by atoms with E-state index in [4.69, 9.17) is 4.74 Å². The second-order valence-electron chi connectivity index (χ2n) is 12.7. The van der Waals surface area contributed by atoms with E-state index in [-0.39, 0.29) is 49.1 Å². The number of rotatable bonds is 7. The van der Waals surface area contributed by atoms with Crippen molar-refractivity contribution in [1.29, 1.82) is 0 Å². The third-order valence-corrected chi connectivity index (χ3v) is 10.3. The minimum Gasteiger partial charge on any atom is -0.507 e. The van der Waals surface area contributed by atoms with E-state index in [2.05, 4.69) is 0 Å². The van der Waals surface area contributed by atoms with E-state index >= 15 is 0 Å². The summed E-state index contributed by atoms with van der Waals surface area (Å²) in [6.07, 6.45) is 2.36. The molecule has 3 aromatic carbocycles. The molecule has 7 rings (SSSR count). The molecule has 0 radical (unpaired) electrons. The molecular formula is C36H32N2O9. The van der Waals surface area contributed by atoms with Gasteiger partial charge in [-0.15, -0.1) is 0 Å². The number of fused-ring (bicyclic) bond motifs is 4. The molecule has 240 valence electrons. The largest absolute Gasteiger partial charge is 0.507 e. The third-order valence-electron chi connectivity index (χ3n) is 10.3. The van der Waals surface area contributed by atoms with Crippen molar-refractivity contribution < 1.29 is 44.0 Å². The SMILES string of the molecule is C[C@@]12C(=O)N(c3ccccc3)C(=O)[C@@H]1C[C@@H]1C(=CC[C@@H]3C(=O)N(c4ccc(C(=O)O)c(O)c4)C(=O)[C@@H]31)[C@@H]2c1ccc(OCCO)cc1. The Balaban J connectivity index is 1.32. The zero-order chi connectivity index (χ0) is 33.2. The van der Waals surface area contributed by atoms with Gasteiger partial charge in [-0.2, -0.15) is 0 Å². The molecule has 4 amide bonds. The second-order valence-corrected chi connectivity index (χ2v) is 12.7. The van der Waals surface area contributed by atoms with Crippen LogP contribution < -0.4 is 14.5 Å². The Kier molecular flexibility index (Phi) is 7.24. The molecule has 3 fully saturated rings. The molecule has 47 heavy (non-hydrogen) atoms. The Labute approximate surface area is 269 Å². The number of aromatic carboxylic acids is 1. The van der Waals surface area contributed by atoms with Gasteiger partial charge in [0.05, 0.1) is 41.2 Å². The van der Waals surface area contributed by atoms with Crippen LogP contribution in [-0.2, 0) is 19.2 Å². The molecule has 11 heteroatoms. The first-order valence-electron chi connectivity index (χ1n) is 15.5. The minimum atomic E-state index is -1.35. The van der Waals surface area contributed by atoms with Gasteiger partial charge in [-0.05, 0) is 67.6 Å².